The van der Waals surface area contributed by atoms with E-state index < -0.39 is 5.82 Å². The van der Waals surface area contributed by atoms with Crippen molar-refractivity contribution in [3.63, 3.8) is 0 Å². The van der Waals surface area contributed by atoms with E-state index in [1.165, 1.54) is 17.4 Å². The van der Waals surface area contributed by atoms with Crippen molar-refractivity contribution in [2.75, 3.05) is 32.9 Å². The van der Waals surface area contributed by atoms with Gasteiger partial charge in [0.1, 0.15) is 29.6 Å². The Bertz CT molecular complexity index is 1930. The zero-order valence-electron chi connectivity index (χ0n) is 24.2. The van der Waals surface area contributed by atoms with E-state index in [9.17, 15) is 18.5 Å². The van der Waals surface area contributed by atoms with Crippen molar-refractivity contribution >= 4 is 58.3 Å². The smallest absolute Gasteiger partial charge is 0.276 e. The van der Waals surface area contributed by atoms with Crippen LogP contribution in [0.2, 0.25) is 0 Å². The quantitative estimate of drug-likeness (QED) is 0.129. The number of aryl methyl sites for hydroxylation is 1. The molecule has 0 radical (unpaired) electrons. The topological polar surface area (TPSA) is 97.8 Å². The Morgan fingerprint density at radius 3 is 2.60 bits per heavy atom. The standard InChI is InChI=1S/C34H28FN5O3S2/c1-20-8-6-11-24(35)31(20)38-33(41)29-18-21-16-17-39(27-13-4-3-10-23(27)32(21)44-29)34(42)25-12-7-15-30(36-25)37-26-19-40(45-43)28-14-5-2-9-22(26)28/h2-15,18,26,43H,16-17,19H2,1H3,(H,36,37)(H,38,41). The number of halogens is 1. The van der Waals surface area contributed by atoms with E-state index in [0.717, 1.165) is 32.9 Å². The molecule has 1 atom stereocenters. The van der Waals surface area contributed by atoms with E-state index >= 15 is 0 Å². The summed E-state index contributed by atoms with van der Waals surface area (Å²) in [5, 5.41) is 6.17. The number of aromatic nitrogens is 1. The maximum Gasteiger partial charge on any atom is 0.276 e. The number of carbonyl (C=O) groups is 2. The lowest BCUT2D eigenvalue weighted by atomic mass is 10.1. The second kappa shape index (κ2) is 12.0. The molecule has 2 aliphatic heterocycles. The highest BCUT2D eigenvalue weighted by Gasteiger charge is 2.31. The zero-order chi connectivity index (χ0) is 31.1. The first-order valence-electron chi connectivity index (χ1n) is 14.4. The van der Waals surface area contributed by atoms with Gasteiger partial charge in [-0.2, -0.15) is 0 Å². The van der Waals surface area contributed by atoms with Gasteiger partial charge in [-0.05, 0) is 60.9 Å². The number of rotatable bonds is 6. The Balaban J connectivity index is 1.14. The van der Waals surface area contributed by atoms with E-state index in [1.807, 2.05) is 71.0 Å². The molecule has 11 heteroatoms. The van der Waals surface area contributed by atoms with Gasteiger partial charge in [0.05, 0.1) is 34.5 Å². The number of anilines is 4. The zero-order valence-corrected chi connectivity index (χ0v) is 25.8. The summed E-state index contributed by atoms with van der Waals surface area (Å²) >= 11 is 2.02. The SMILES string of the molecule is Cc1cccc(F)c1NC(=O)c1cc2c(s1)-c1ccccc1N(C(=O)c1cccc(NC3CN(SO)c4ccccc43)n1)CC2. The molecule has 1 unspecified atom stereocenters. The summed E-state index contributed by atoms with van der Waals surface area (Å²) in [4.78, 5) is 35.0. The van der Waals surface area contributed by atoms with Crippen LogP contribution >= 0.6 is 23.6 Å². The van der Waals surface area contributed by atoms with Gasteiger partial charge in [-0.3, -0.25) is 13.9 Å². The lowest BCUT2D eigenvalue weighted by Gasteiger charge is -2.23. The number of amides is 2. The van der Waals surface area contributed by atoms with Gasteiger partial charge >= 0.3 is 0 Å². The van der Waals surface area contributed by atoms with Gasteiger partial charge in [-0.25, -0.2) is 9.37 Å². The fourth-order valence-electron chi connectivity index (χ4n) is 5.91. The molecule has 2 aliphatic rings. The van der Waals surface area contributed by atoms with E-state index in [-0.39, 0.29) is 23.5 Å². The molecule has 4 heterocycles. The predicted molar refractivity (Wildman–Crippen MR) is 179 cm³/mol. The molecule has 0 fully saturated rings. The highest BCUT2D eigenvalue weighted by atomic mass is 32.2. The van der Waals surface area contributed by atoms with Crippen molar-refractivity contribution in [1.29, 1.82) is 0 Å². The number of thiophene rings is 1. The van der Waals surface area contributed by atoms with Crippen LogP contribution in [0.3, 0.4) is 0 Å². The van der Waals surface area contributed by atoms with E-state index in [0.29, 0.717) is 53.7 Å². The largest absolute Gasteiger partial charge is 0.361 e. The summed E-state index contributed by atoms with van der Waals surface area (Å²) in [7, 11) is 0. The summed E-state index contributed by atoms with van der Waals surface area (Å²) in [5.74, 6) is -0.513. The minimum atomic E-state index is -0.479. The minimum Gasteiger partial charge on any atom is -0.361 e. The van der Waals surface area contributed by atoms with Crippen LogP contribution in [0.4, 0.5) is 27.3 Å². The Hall–Kier alpha value is -4.71. The average Bonchev–Trinajstić information content (AvgIpc) is 3.61. The summed E-state index contributed by atoms with van der Waals surface area (Å²) in [6, 6.07) is 27.3. The van der Waals surface area contributed by atoms with Gasteiger partial charge in [0, 0.05) is 22.5 Å². The van der Waals surface area contributed by atoms with Crippen LogP contribution in [0, 0.1) is 12.7 Å². The molecule has 7 rings (SSSR count). The van der Waals surface area contributed by atoms with Gasteiger partial charge in [-0.15, -0.1) is 11.3 Å². The highest BCUT2D eigenvalue weighted by Crippen LogP contribution is 2.42. The molecule has 0 spiro atoms. The maximum atomic E-state index is 14.4. The lowest BCUT2D eigenvalue weighted by Crippen LogP contribution is -2.33. The molecule has 8 nitrogen and oxygen atoms in total. The summed E-state index contributed by atoms with van der Waals surface area (Å²) < 4.78 is 26.0. The van der Waals surface area contributed by atoms with Crippen LogP contribution in [0.15, 0.2) is 91.0 Å². The number of nitrogens with one attached hydrogen (secondary N) is 2. The third kappa shape index (κ3) is 5.43. The molecule has 2 aromatic heterocycles. The Kier molecular flexibility index (Phi) is 7.74. The van der Waals surface area contributed by atoms with Gasteiger partial charge in [0.15, 0.2) is 0 Å². The number of fused-ring (bicyclic) bond motifs is 4. The van der Waals surface area contributed by atoms with E-state index in [4.69, 9.17) is 4.98 Å². The van der Waals surface area contributed by atoms with Crippen molar-refractivity contribution in [3.05, 3.63) is 124 Å². The second-order valence-corrected chi connectivity index (χ2v) is 12.5. The van der Waals surface area contributed by atoms with Crippen LogP contribution in [0.1, 0.15) is 42.9 Å². The lowest BCUT2D eigenvalue weighted by molar-refractivity contribution is 0.0981. The molecule has 2 amide bonds. The number of hydrogen-bond donors (Lipinski definition) is 3. The molecular weight excluding hydrogens is 610 g/mol. The maximum absolute atomic E-state index is 14.4. The molecule has 226 valence electrons. The van der Waals surface area contributed by atoms with Crippen LogP contribution in [0.25, 0.3) is 10.4 Å². The monoisotopic (exact) mass is 637 g/mol. The van der Waals surface area contributed by atoms with Gasteiger partial charge in [0.2, 0.25) is 0 Å². The van der Waals surface area contributed by atoms with Gasteiger partial charge < -0.3 is 20.1 Å². The van der Waals surface area contributed by atoms with Crippen molar-refractivity contribution in [2.45, 2.75) is 19.4 Å². The van der Waals surface area contributed by atoms with Crippen molar-refractivity contribution < 1.29 is 18.5 Å². The number of benzene rings is 3. The molecule has 3 N–H and O–H groups in total. The van der Waals surface area contributed by atoms with Gasteiger partial charge in [0.25, 0.3) is 11.8 Å². The van der Waals surface area contributed by atoms with Crippen LogP contribution < -0.4 is 19.8 Å². The summed E-state index contributed by atoms with van der Waals surface area (Å²) in [5.41, 5.74) is 5.65. The van der Waals surface area contributed by atoms with Crippen LogP contribution in [-0.2, 0) is 6.42 Å². The van der Waals surface area contributed by atoms with Crippen molar-refractivity contribution in [1.82, 2.24) is 4.98 Å². The average molecular weight is 638 g/mol. The van der Waals surface area contributed by atoms with Crippen molar-refractivity contribution in [3.8, 4) is 10.4 Å². The first kappa shape index (κ1) is 29.0. The molecule has 0 bridgehead atoms. The number of para-hydroxylation sites is 3. The predicted octanol–water partition coefficient (Wildman–Crippen LogP) is 7.81. The Morgan fingerprint density at radius 2 is 1.78 bits per heavy atom. The number of hydrogen-bond acceptors (Lipinski definition) is 8. The minimum absolute atomic E-state index is 0.109. The molecule has 0 saturated carbocycles. The number of nitrogens with zero attached hydrogens (tertiary/aromatic N) is 3. The molecule has 45 heavy (non-hydrogen) atoms. The Labute approximate surface area is 267 Å². The first-order valence-corrected chi connectivity index (χ1v) is 16.0. The number of pyridine rings is 1. The molecule has 0 aliphatic carbocycles. The summed E-state index contributed by atoms with van der Waals surface area (Å²) in [6.45, 7) is 2.69. The highest BCUT2D eigenvalue weighted by molar-refractivity contribution is 7.95. The van der Waals surface area contributed by atoms with E-state index in [1.54, 1.807) is 30.0 Å². The number of carbonyl (C=O) groups excluding carboxylic acids is 2. The van der Waals surface area contributed by atoms with E-state index in [2.05, 4.69) is 10.6 Å². The molecule has 0 saturated heterocycles. The van der Waals surface area contributed by atoms with Crippen LogP contribution in [0.5, 0.6) is 0 Å². The first-order chi connectivity index (χ1) is 21.9. The molecular formula is C34H28FN5O3S2. The normalized spacial score (nSPS) is 15.1. The molecule has 3 aromatic carbocycles. The fourth-order valence-corrected chi connectivity index (χ4v) is 7.52. The third-order valence-electron chi connectivity index (χ3n) is 8.10. The Morgan fingerprint density at radius 1 is 1.00 bits per heavy atom. The van der Waals surface area contributed by atoms with Crippen molar-refractivity contribution in [2.24, 2.45) is 0 Å². The molecule has 5 aromatic rings. The fraction of sp³-hybridized carbons (Fsp3) is 0.147. The second-order valence-electron chi connectivity index (χ2n) is 10.9. The third-order valence-corrected chi connectivity index (χ3v) is 9.85. The van der Waals surface area contributed by atoms with Crippen LogP contribution in [-0.4, -0.2) is 34.4 Å². The summed E-state index contributed by atoms with van der Waals surface area (Å²) in [6.07, 6.45) is 0.531. The van der Waals surface area contributed by atoms with Gasteiger partial charge in [-0.1, -0.05) is 54.6 Å².